The molecule has 1 saturated heterocycles. The predicted molar refractivity (Wildman–Crippen MR) is 44.6 cm³/mol. The van der Waals surface area contributed by atoms with Gasteiger partial charge in [-0.3, -0.25) is 4.79 Å². The van der Waals surface area contributed by atoms with Gasteiger partial charge in [0.2, 0.25) is 0 Å². The lowest BCUT2D eigenvalue weighted by atomic mass is 10.2. The van der Waals surface area contributed by atoms with Crippen molar-refractivity contribution in [1.29, 1.82) is 0 Å². The van der Waals surface area contributed by atoms with Crippen molar-refractivity contribution in [2.24, 2.45) is 11.8 Å². The van der Waals surface area contributed by atoms with Crippen LogP contribution < -0.4 is 5.32 Å². The summed E-state index contributed by atoms with van der Waals surface area (Å²) in [5, 5.41) is 3.20. The number of carbonyl (C=O) groups is 1. The molecular formula is C9H15NO2. The number of esters is 1. The minimum absolute atomic E-state index is 0.0255. The highest BCUT2D eigenvalue weighted by molar-refractivity contribution is 5.78. The molecular weight excluding hydrogens is 154 g/mol. The summed E-state index contributed by atoms with van der Waals surface area (Å²) in [6, 6.07) is 0.444. The van der Waals surface area contributed by atoms with E-state index in [-0.39, 0.29) is 17.5 Å². The van der Waals surface area contributed by atoms with Crippen molar-refractivity contribution in [3.8, 4) is 0 Å². The van der Waals surface area contributed by atoms with Gasteiger partial charge in [-0.25, -0.2) is 0 Å². The lowest BCUT2D eigenvalue weighted by molar-refractivity contribution is -0.156. The van der Waals surface area contributed by atoms with Crippen molar-refractivity contribution in [1.82, 2.24) is 5.32 Å². The maximum atomic E-state index is 11.4. The first kappa shape index (κ1) is 8.05. The van der Waals surface area contributed by atoms with Gasteiger partial charge in [-0.05, 0) is 20.8 Å². The first-order valence-electron chi connectivity index (χ1n) is 4.45. The van der Waals surface area contributed by atoms with Gasteiger partial charge in [-0.15, -0.1) is 0 Å². The van der Waals surface area contributed by atoms with Gasteiger partial charge in [-0.1, -0.05) is 0 Å². The molecule has 1 aliphatic heterocycles. The number of carbonyl (C=O) groups excluding carboxylic acids is 1. The van der Waals surface area contributed by atoms with Crippen LogP contribution in [0.4, 0.5) is 0 Å². The third-order valence-electron chi connectivity index (χ3n) is 2.44. The molecule has 0 radical (unpaired) electrons. The Morgan fingerprint density at radius 2 is 2.08 bits per heavy atom. The SMILES string of the molecule is CC(C)(C)OC(=O)[C@@H]1[C@H]2CN[C@H]21. The molecule has 1 saturated carbocycles. The van der Waals surface area contributed by atoms with Crippen molar-refractivity contribution in [3.63, 3.8) is 0 Å². The lowest BCUT2D eigenvalue weighted by Gasteiger charge is -2.19. The van der Waals surface area contributed by atoms with Crippen LogP contribution in [0.1, 0.15) is 20.8 Å². The molecule has 2 rings (SSSR count). The molecule has 1 aliphatic carbocycles. The zero-order valence-electron chi connectivity index (χ0n) is 7.76. The summed E-state index contributed by atoms with van der Waals surface area (Å²) < 4.78 is 5.26. The Bertz CT molecular complexity index is 209. The zero-order valence-corrected chi connectivity index (χ0v) is 7.76. The fourth-order valence-corrected chi connectivity index (χ4v) is 1.71. The molecule has 3 atom stereocenters. The van der Waals surface area contributed by atoms with Gasteiger partial charge in [0, 0.05) is 18.5 Å². The number of hydrogen-bond acceptors (Lipinski definition) is 3. The maximum Gasteiger partial charge on any atom is 0.311 e. The fourth-order valence-electron chi connectivity index (χ4n) is 1.71. The molecule has 0 spiro atoms. The summed E-state index contributed by atoms with van der Waals surface area (Å²) in [5.41, 5.74) is -0.334. The quantitative estimate of drug-likeness (QED) is 0.582. The van der Waals surface area contributed by atoms with E-state index in [4.69, 9.17) is 4.74 Å². The molecule has 0 aromatic rings. The number of ether oxygens (including phenoxy) is 1. The van der Waals surface area contributed by atoms with Crippen LogP contribution in [0, 0.1) is 11.8 Å². The number of hydrogen-bond donors (Lipinski definition) is 1. The van der Waals surface area contributed by atoms with E-state index in [1.807, 2.05) is 20.8 Å². The van der Waals surface area contributed by atoms with E-state index in [0.29, 0.717) is 12.0 Å². The highest BCUT2D eigenvalue weighted by Gasteiger charge is 2.61. The highest BCUT2D eigenvalue weighted by atomic mass is 16.6. The molecule has 0 bridgehead atoms. The molecule has 3 nitrogen and oxygen atoms in total. The summed E-state index contributed by atoms with van der Waals surface area (Å²) in [6.45, 7) is 6.71. The van der Waals surface area contributed by atoms with Crippen molar-refractivity contribution in [2.45, 2.75) is 32.4 Å². The minimum atomic E-state index is -0.334. The first-order valence-corrected chi connectivity index (χ1v) is 4.45. The van der Waals surface area contributed by atoms with E-state index in [9.17, 15) is 4.79 Å². The smallest absolute Gasteiger partial charge is 0.311 e. The molecule has 2 fully saturated rings. The minimum Gasteiger partial charge on any atom is -0.460 e. The van der Waals surface area contributed by atoms with Gasteiger partial charge in [0.15, 0.2) is 0 Å². The van der Waals surface area contributed by atoms with Crippen LogP contribution >= 0.6 is 0 Å². The lowest BCUT2D eigenvalue weighted by Crippen LogP contribution is -2.32. The summed E-state index contributed by atoms with van der Waals surface area (Å²) in [5.74, 6) is 0.714. The normalized spacial score (nSPS) is 38.1. The molecule has 0 unspecified atom stereocenters. The summed E-state index contributed by atoms with van der Waals surface area (Å²) in [4.78, 5) is 11.4. The Morgan fingerprint density at radius 1 is 1.50 bits per heavy atom. The molecule has 0 aromatic carbocycles. The maximum absolute atomic E-state index is 11.4. The Morgan fingerprint density at radius 3 is 2.42 bits per heavy atom. The molecule has 3 heteroatoms. The van der Waals surface area contributed by atoms with Crippen molar-refractivity contribution >= 4 is 5.97 Å². The van der Waals surface area contributed by atoms with Gasteiger partial charge in [0.1, 0.15) is 5.60 Å². The van der Waals surface area contributed by atoms with Gasteiger partial charge >= 0.3 is 5.97 Å². The Labute approximate surface area is 72.5 Å². The second-order valence-corrected chi connectivity index (χ2v) is 4.66. The summed E-state index contributed by atoms with van der Waals surface area (Å²) >= 11 is 0. The standard InChI is InChI=1S/C9H15NO2/c1-9(2,3)12-8(11)6-5-4-10-7(5)6/h5-7,10H,4H2,1-3H3/t5-,6-,7-/m1/s1. The van der Waals surface area contributed by atoms with Gasteiger partial charge < -0.3 is 10.1 Å². The van der Waals surface area contributed by atoms with Gasteiger partial charge in [0.25, 0.3) is 0 Å². The van der Waals surface area contributed by atoms with Gasteiger partial charge in [-0.2, -0.15) is 0 Å². The van der Waals surface area contributed by atoms with Gasteiger partial charge in [0.05, 0.1) is 5.92 Å². The fraction of sp³-hybridized carbons (Fsp3) is 0.889. The molecule has 68 valence electrons. The third kappa shape index (κ3) is 1.22. The number of rotatable bonds is 1. The molecule has 2 aliphatic rings. The molecule has 1 heterocycles. The Kier molecular flexibility index (Phi) is 1.49. The molecule has 0 aromatic heterocycles. The molecule has 1 N–H and O–H groups in total. The van der Waals surface area contributed by atoms with Crippen LogP contribution in [-0.4, -0.2) is 24.2 Å². The number of nitrogens with one attached hydrogen (secondary N) is 1. The second-order valence-electron chi connectivity index (χ2n) is 4.66. The Hall–Kier alpha value is -0.570. The van der Waals surface area contributed by atoms with E-state index in [0.717, 1.165) is 6.54 Å². The molecule has 0 amide bonds. The zero-order chi connectivity index (χ0) is 8.93. The predicted octanol–water partition coefficient (Wildman–Crippen LogP) is 0.546. The van der Waals surface area contributed by atoms with Crippen LogP contribution in [0.3, 0.4) is 0 Å². The van der Waals surface area contributed by atoms with E-state index >= 15 is 0 Å². The van der Waals surface area contributed by atoms with E-state index < -0.39 is 0 Å². The largest absolute Gasteiger partial charge is 0.460 e. The average molecular weight is 169 g/mol. The van der Waals surface area contributed by atoms with Crippen LogP contribution in [0.25, 0.3) is 0 Å². The van der Waals surface area contributed by atoms with Crippen LogP contribution in [-0.2, 0) is 9.53 Å². The van der Waals surface area contributed by atoms with E-state index in [1.54, 1.807) is 0 Å². The monoisotopic (exact) mass is 169 g/mol. The molecule has 12 heavy (non-hydrogen) atoms. The average Bonchev–Trinajstić information content (AvgIpc) is 2.28. The topological polar surface area (TPSA) is 38.3 Å². The summed E-state index contributed by atoms with van der Waals surface area (Å²) in [6.07, 6.45) is 0. The first-order chi connectivity index (χ1) is 5.49. The van der Waals surface area contributed by atoms with Crippen LogP contribution in [0.15, 0.2) is 0 Å². The van der Waals surface area contributed by atoms with Crippen molar-refractivity contribution in [3.05, 3.63) is 0 Å². The summed E-state index contributed by atoms with van der Waals surface area (Å²) in [7, 11) is 0. The van der Waals surface area contributed by atoms with Crippen LogP contribution in [0.5, 0.6) is 0 Å². The van der Waals surface area contributed by atoms with E-state index in [1.165, 1.54) is 0 Å². The highest BCUT2D eigenvalue weighted by Crippen LogP contribution is 2.46. The Balaban J connectivity index is 1.86. The van der Waals surface area contributed by atoms with Crippen molar-refractivity contribution < 1.29 is 9.53 Å². The number of fused-ring (bicyclic) bond motifs is 1. The second kappa shape index (κ2) is 2.22. The third-order valence-corrected chi connectivity index (χ3v) is 2.44. The van der Waals surface area contributed by atoms with E-state index in [2.05, 4.69) is 5.32 Å². The van der Waals surface area contributed by atoms with Crippen molar-refractivity contribution in [2.75, 3.05) is 6.54 Å². The van der Waals surface area contributed by atoms with Crippen LogP contribution in [0.2, 0.25) is 0 Å².